The van der Waals surface area contributed by atoms with Gasteiger partial charge in [-0.1, -0.05) is 30.3 Å². The lowest BCUT2D eigenvalue weighted by Crippen LogP contribution is -1.93. The van der Waals surface area contributed by atoms with E-state index >= 15 is 0 Å². The summed E-state index contributed by atoms with van der Waals surface area (Å²) in [6, 6.07) is 18.5. The predicted molar refractivity (Wildman–Crippen MR) is 76.8 cm³/mol. The second kappa shape index (κ2) is 6.14. The average molecular weight is 275 g/mol. The number of nitriles is 2. The number of non-ortho nitro benzene ring substituents is 1. The van der Waals surface area contributed by atoms with Crippen molar-refractivity contribution in [3.05, 3.63) is 81.4 Å². The Morgan fingerprint density at radius 2 is 1.43 bits per heavy atom. The van der Waals surface area contributed by atoms with E-state index in [0.717, 1.165) is 0 Å². The summed E-state index contributed by atoms with van der Waals surface area (Å²) in [6.07, 6.45) is 0. The Balaban J connectivity index is 2.63. The van der Waals surface area contributed by atoms with Gasteiger partial charge in [0.1, 0.15) is 17.7 Å². The summed E-state index contributed by atoms with van der Waals surface area (Å²) in [6.45, 7) is 0. The molecule has 0 heterocycles. The molecule has 21 heavy (non-hydrogen) atoms. The van der Waals surface area contributed by atoms with Gasteiger partial charge < -0.3 is 0 Å². The summed E-state index contributed by atoms with van der Waals surface area (Å²) in [5, 5.41) is 28.9. The Morgan fingerprint density at radius 1 is 0.905 bits per heavy atom. The molecule has 100 valence electrons. The minimum atomic E-state index is -0.495. The molecule has 0 radical (unpaired) electrons. The van der Waals surface area contributed by atoms with Gasteiger partial charge in [0.25, 0.3) is 5.69 Å². The van der Waals surface area contributed by atoms with Crippen molar-refractivity contribution in [1.82, 2.24) is 0 Å². The van der Waals surface area contributed by atoms with Crippen LogP contribution in [0, 0.1) is 32.8 Å². The van der Waals surface area contributed by atoms with Crippen molar-refractivity contribution in [1.29, 1.82) is 10.5 Å². The molecule has 0 bridgehead atoms. The molecule has 5 heteroatoms. The first kappa shape index (κ1) is 14.0. The van der Waals surface area contributed by atoms with Gasteiger partial charge in [0.05, 0.1) is 4.92 Å². The van der Waals surface area contributed by atoms with Crippen molar-refractivity contribution in [2.24, 2.45) is 0 Å². The van der Waals surface area contributed by atoms with Crippen LogP contribution in [0.5, 0.6) is 0 Å². The zero-order valence-electron chi connectivity index (χ0n) is 10.9. The molecule has 0 N–H and O–H groups in total. The van der Waals surface area contributed by atoms with Crippen LogP contribution in [0.1, 0.15) is 11.1 Å². The molecule has 0 aliphatic carbocycles. The molecule has 2 aromatic rings. The maximum atomic E-state index is 10.7. The number of benzene rings is 2. The SMILES string of the molecule is N#CC(C#N)=C(c1ccccc1)c1ccc([N+](=O)[O-])cc1. The predicted octanol–water partition coefficient (Wildman–Crippen LogP) is 3.44. The van der Waals surface area contributed by atoms with E-state index in [1.807, 2.05) is 18.2 Å². The van der Waals surface area contributed by atoms with E-state index in [1.54, 1.807) is 24.3 Å². The summed E-state index contributed by atoms with van der Waals surface area (Å²) >= 11 is 0. The highest BCUT2D eigenvalue weighted by Gasteiger charge is 2.13. The highest BCUT2D eigenvalue weighted by molar-refractivity contribution is 5.86. The quantitative estimate of drug-likeness (QED) is 0.487. The third kappa shape index (κ3) is 2.94. The van der Waals surface area contributed by atoms with Gasteiger partial charge in [-0.15, -0.1) is 0 Å². The first-order chi connectivity index (χ1) is 10.2. The molecule has 0 unspecified atom stereocenters. The lowest BCUT2D eigenvalue weighted by atomic mass is 9.94. The van der Waals surface area contributed by atoms with E-state index in [2.05, 4.69) is 0 Å². The van der Waals surface area contributed by atoms with Crippen molar-refractivity contribution < 1.29 is 4.92 Å². The Labute approximate surface area is 121 Å². The lowest BCUT2D eigenvalue weighted by Gasteiger charge is -2.08. The number of allylic oxidation sites excluding steroid dienone is 1. The van der Waals surface area contributed by atoms with Crippen LogP contribution in [0.2, 0.25) is 0 Å². The van der Waals surface area contributed by atoms with E-state index in [9.17, 15) is 10.1 Å². The number of rotatable bonds is 3. The minimum absolute atomic E-state index is 0.0324. The van der Waals surface area contributed by atoms with Crippen LogP contribution in [0.3, 0.4) is 0 Å². The van der Waals surface area contributed by atoms with Crippen molar-refractivity contribution >= 4 is 11.3 Å². The second-order valence-electron chi connectivity index (χ2n) is 4.14. The number of hydrogen-bond acceptors (Lipinski definition) is 4. The van der Waals surface area contributed by atoms with Gasteiger partial charge in [-0.2, -0.15) is 10.5 Å². The second-order valence-corrected chi connectivity index (χ2v) is 4.14. The van der Waals surface area contributed by atoms with Gasteiger partial charge in [0, 0.05) is 17.7 Å². The Kier molecular flexibility index (Phi) is 4.09. The van der Waals surface area contributed by atoms with E-state index in [-0.39, 0.29) is 11.3 Å². The van der Waals surface area contributed by atoms with Crippen molar-refractivity contribution in [3.63, 3.8) is 0 Å². The van der Waals surface area contributed by atoms with E-state index in [4.69, 9.17) is 10.5 Å². The molecule has 0 fully saturated rings. The molecule has 0 aliphatic rings. The fraction of sp³-hybridized carbons (Fsp3) is 0. The van der Waals surface area contributed by atoms with Crippen LogP contribution >= 0.6 is 0 Å². The topological polar surface area (TPSA) is 90.7 Å². The van der Waals surface area contributed by atoms with Gasteiger partial charge >= 0.3 is 0 Å². The Bertz CT molecular complexity index is 763. The molecule has 0 spiro atoms. The summed E-state index contributed by atoms with van der Waals surface area (Å²) < 4.78 is 0. The van der Waals surface area contributed by atoms with Crippen LogP contribution in [0.15, 0.2) is 60.2 Å². The van der Waals surface area contributed by atoms with Gasteiger partial charge in [-0.05, 0) is 23.3 Å². The normalized spacial score (nSPS) is 9.24. The number of nitro groups is 1. The van der Waals surface area contributed by atoms with Crippen molar-refractivity contribution in [3.8, 4) is 12.1 Å². The molecule has 2 rings (SSSR count). The standard InChI is InChI=1S/C16H9N3O2/c17-10-14(11-18)16(12-4-2-1-3-5-12)13-6-8-15(9-7-13)19(20)21/h1-9H. The summed E-state index contributed by atoms with van der Waals surface area (Å²) in [7, 11) is 0. The molecule has 0 aromatic heterocycles. The van der Waals surface area contributed by atoms with Crippen molar-refractivity contribution in [2.45, 2.75) is 0 Å². The highest BCUT2D eigenvalue weighted by Crippen LogP contribution is 2.28. The maximum Gasteiger partial charge on any atom is 0.269 e. The number of nitro benzene ring substituents is 1. The molecule has 0 aliphatic heterocycles. The summed E-state index contributed by atoms with van der Waals surface area (Å²) in [5.74, 6) is 0. The molecule has 5 nitrogen and oxygen atoms in total. The third-order valence-corrected chi connectivity index (χ3v) is 2.90. The van der Waals surface area contributed by atoms with Gasteiger partial charge in [0.2, 0.25) is 0 Å². The fourth-order valence-electron chi connectivity index (χ4n) is 1.95. The van der Waals surface area contributed by atoms with Gasteiger partial charge in [-0.3, -0.25) is 10.1 Å². The molecule has 0 saturated carbocycles. The third-order valence-electron chi connectivity index (χ3n) is 2.90. The van der Waals surface area contributed by atoms with Crippen LogP contribution in [0.4, 0.5) is 5.69 Å². The Morgan fingerprint density at radius 3 is 1.90 bits per heavy atom. The van der Waals surface area contributed by atoms with E-state index in [0.29, 0.717) is 16.7 Å². The maximum absolute atomic E-state index is 10.7. The monoisotopic (exact) mass is 275 g/mol. The number of hydrogen-bond donors (Lipinski definition) is 0. The molecular weight excluding hydrogens is 266 g/mol. The van der Waals surface area contributed by atoms with Crippen LogP contribution < -0.4 is 0 Å². The van der Waals surface area contributed by atoms with Crippen LogP contribution in [0.25, 0.3) is 5.57 Å². The van der Waals surface area contributed by atoms with E-state index < -0.39 is 4.92 Å². The summed E-state index contributed by atoms with van der Waals surface area (Å²) in [5.41, 5.74) is 1.70. The lowest BCUT2D eigenvalue weighted by molar-refractivity contribution is -0.384. The molecule has 0 saturated heterocycles. The molecule has 0 amide bonds. The zero-order valence-corrected chi connectivity index (χ0v) is 10.9. The fourth-order valence-corrected chi connectivity index (χ4v) is 1.95. The molecule has 2 aromatic carbocycles. The summed E-state index contributed by atoms with van der Waals surface area (Å²) in [4.78, 5) is 10.2. The van der Waals surface area contributed by atoms with Gasteiger partial charge in [0.15, 0.2) is 0 Å². The van der Waals surface area contributed by atoms with E-state index in [1.165, 1.54) is 24.3 Å². The van der Waals surface area contributed by atoms with Crippen molar-refractivity contribution in [2.75, 3.05) is 0 Å². The first-order valence-electron chi connectivity index (χ1n) is 6.02. The number of nitrogens with zero attached hydrogens (tertiary/aromatic N) is 3. The molecule has 0 atom stereocenters. The Hall–Kier alpha value is -3.44. The largest absolute Gasteiger partial charge is 0.269 e. The zero-order chi connectivity index (χ0) is 15.2. The average Bonchev–Trinajstić information content (AvgIpc) is 2.53. The van der Waals surface area contributed by atoms with Crippen LogP contribution in [-0.2, 0) is 0 Å². The van der Waals surface area contributed by atoms with Gasteiger partial charge in [-0.25, -0.2) is 0 Å². The first-order valence-corrected chi connectivity index (χ1v) is 6.02. The highest BCUT2D eigenvalue weighted by atomic mass is 16.6. The smallest absolute Gasteiger partial charge is 0.258 e. The molecular formula is C16H9N3O2. The van der Waals surface area contributed by atoms with Crippen LogP contribution in [-0.4, -0.2) is 4.92 Å². The minimum Gasteiger partial charge on any atom is -0.258 e.